The number of benzene rings is 1. The molecule has 5 heteroatoms. The summed E-state index contributed by atoms with van der Waals surface area (Å²) in [5.74, 6) is 1.78. The van der Waals surface area contributed by atoms with Crippen molar-refractivity contribution in [2.45, 2.75) is 20.4 Å². The predicted molar refractivity (Wildman–Crippen MR) is 81.0 cm³/mol. The zero-order chi connectivity index (χ0) is 15.2. The van der Waals surface area contributed by atoms with Crippen LogP contribution in [0.2, 0.25) is 0 Å². The zero-order valence-corrected chi connectivity index (χ0v) is 12.6. The molecular formula is C16H20N4O. The average Bonchev–Trinajstić information content (AvgIpc) is 2.85. The van der Waals surface area contributed by atoms with Gasteiger partial charge < -0.3 is 10.1 Å². The Bertz CT molecular complexity index is 640. The molecule has 1 aromatic carbocycles. The lowest BCUT2D eigenvalue weighted by molar-refractivity contribution is 0.480. The van der Waals surface area contributed by atoms with Crippen LogP contribution >= 0.6 is 0 Å². The average molecular weight is 284 g/mol. The molecule has 0 saturated heterocycles. The van der Waals surface area contributed by atoms with Gasteiger partial charge >= 0.3 is 0 Å². The Morgan fingerprint density at radius 2 is 2.24 bits per heavy atom. The highest BCUT2D eigenvalue weighted by molar-refractivity contribution is 5.47. The fraction of sp³-hybridized carbons (Fsp3) is 0.375. The van der Waals surface area contributed by atoms with Crippen molar-refractivity contribution in [3.05, 3.63) is 41.7 Å². The number of hydrogen-bond acceptors (Lipinski definition) is 4. The number of ether oxygens (including phenoxy) is 1. The van der Waals surface area contributed by atoms with E-state index in [1.54, 1.807) is 17.1 Å². The molecule has 0 radical (unpaired) electrons. The molecule has 0 unspecified atom stereocenters. The van der Waals surface area contributed by atoms with Gasteiger partial charge in [-0.15, -0.1) is 0 Å². The van der Waals surface area contributed by atoms with Gasteiger partial charge in [-0.1, -0.05) is 19.9 Å². The van der Waals surface area contributed by atoms with Crippen LogP contribution < -0.4 is 10.1 Å². The first kappa shape index (κ1) is 15.1. The van der Waals surface area contributed by atoms with E-state index in [0.717, 1.165) is 18.7 Å². The van der Waals surface area contributed by atoms with Crippen molar-refractivity contribution in [3.8, 4) is 17.6 Å². The maximum absolute atomic E-state index is 9.27. The summed E-state index contributed by atoms with van der Waals surface area (Å²) in [6, 6.07) is 7.85. The van der Waals surface area contributed by atoms with Gasteiger partial charge in [-0.2, -0.15) is 10.4 Å². The van der Waals surface area contributed by atoms with E-state index in [1.807, 2.05) is 25.2 Å². The minimum atomic E-state index is 0.530. The number of aromatic nitrogens is 2. The van der Waals surface area contributed by atoms with Gasteiger partial charge in [-0.3, -0.25) is 4.68 Å². The third-order valence-electron chi connectivity index (χ3n) is 2.96. The highest BCUT2D eigenvalue weighted by Crippen LogP contribution is 2.25. The second-order valence-electron chi connectivity index (χ2n) is 5.42. The maximum atomic E-state index is 9.27. The Hall–Kier alpha value is -2.32. The Labute approximate surface area is 125 Å². The van der Waals surface area contributed by atoms with Gasteiger partial charge in [0.2, 0.25) is 0 Å². The Morgan fingerprint density at radius 1 is 1.43 bits per heavy atom. The summed E-state index contributed by atoms with van der Waals surface area (Å²) < 4.78 is 7.35. The third kappa shape index (κ3) is 4.33. The zero-order valence-electron chi connectivity index (χ0n) is 12.6. The molecule has 2 rings (SSSR count). The largest absolute Gasteiger partial charge is 0.453 e. The van der Waals surface area contributed by atoms with Crippen LogP contribution in [0, 0.1) is 17.2 Å². The lowest BCUT2D eigenvalue weighted by Crippen LogP contribution is -2.18. The maximum Gasteiger partial charge on any atom is 0.165 e. The number of nitrogens with zero attached hydrogens (tertiary/aromatic N) is 3. The van der Waals surface area contributed by atoms with E-state index in [9.17, 15) is 5.26 Å². The summed E-state index contributed by atoms with van der Waals surface area (Å²) in [6.07, 6.45) is 3.39. The summed E-state index contributed by atoms with van der Waals surface area (Å²) in [4.78, 5) is 0. The summed E-state index contributed by atoms with van der Waals surface area (Å²) >= 11 is 0. The van der Waals surface area contributed by atoms with Gasteiger partial charge in [0.25, 0.3) is 0 Å². The Balaban J connectivity index is 2.07. The fourth-order valence-electron chi connectivity index (χ4n) is 1.95. The minimum Gasteiger partial charge on any atom is -0.453 e. The molecule has 110 valence electrons. The second kappa shape index (κ2) is 6.91. The van der Waals surface area contributed by atoms with Crippen molar-refractivity contribution < 1.29 is 4.74 Å². The highest BCUT2D eigenvalue weighted by Gasteiger charge is 2.07. The van der Waals surface area contributed by atoms with Gasteiger partial charge in [0.15, 0.2) is 5.75 Å². The molecular weight excluding hydrogens is 264 g/mol. The first-order valence-corrected chi connectivity index (χ1v) is 6.98. The molecule has 0 amide bonds. The van der Waals surface area contributed by atoms with E-state index in [2.05, 4.69) is 30.3 Å². The second-order valence-corrected chi connectivity index (χ2v) is 5.42. The third-order valence-corrected chi connectivity index (χ3v) is 2.96. The number of aryl methyl sites for hydroxylation is 1. The Morgan fingerprint density at radius 3 is 2.86 bits per heavy atom. The normalized spacial score (nSPS) is 10.6. The molecule has 0 fully saturated rings. The van der Waals surface area contributed by atoms with Gasteiger partial charge in [-0.05, 0) is 30.2 Å². The molecule has 2 aromatic rings. The van der Waals surface area contributed by atoms with Crippen LogP contribution in [-0.4, -0.2) is 16.3 Å². The minimum absolute atomic E-state index is 0.530. The van der Waals surface area contributed by atoms with Crippen molar-refractivity contribution in [3.63, 3.8) is 0 Å². The number of nitrogens with one attached hydrogen (secondary N) is 1. The lowest BCUT2D eigenvalue weighted by atomic mass is 10.1. The molecule has 0 aliphatic heterocycles. The summed E-state index contributed by atoms with van der Waals surface area (Å²) in [7, 11) is 1.82. The van der Waals surface area contributed by atoms with Crippen LogP contribution in [-0.2, 0) is 13.6 Å². The van der Waals surface area contributed by atoms with Crippen molar-refractivity contribution in [2.24, 2.45) is 13.0 Å². The van der Waals surface area contributed by atoms with Crippen LogP contribution in [0.1, 0.15) is 25.0 Å². The first-order chi connectivity index (χ1) is 10.1. The van der Waals surface area contributed by atoms with Crippen LogP contribution in [0.3, 0.4) is 0 Å². The lowest BCUT2D eigenvalue weighted by Gasteiger charge is -2.10. The molecule has 1 heterocycles. The van der Waals surface area contributed by atoms with E-state index < -0.39 is 0 Å². The predicted octanol–water partition coefficient (Wildman–Crippen LogP) is 2.83. The highest BCUT2D eigenvalue weighted by atomic mass is 16.5. The van der Waals surface area contributed by atoms with Gasteiger partial charge in [-0.25, -0.2) is 0 Å². The van der Waals surface area contributed by atoms with Crippen molar-refractivity contribution in [1.29, 1.82) is 5.26 Å². The van der Waals surface area contributed by atoms with Crippen molar-refractivity contribution in [1.82, 2.24) is 15.1 Å². The van der Waals surface area contributed by atoms with Crippen molar-refractivity contribution in [2.75, 3.05) is 6.54 Å². The molecule has 5 nitrogen and oxygen atoms in total. The molecule has 1 aromatic heterocycles. The molecule has 0 aliphatic carbocycles. The van der Waals surface area contributed by atoms with Crippen LogP contribution in [0.4, 0.5) is 0 Å². The SMILES string of the molecule is CC(C)CNCc1ccc(Oc2cnn(C)c2)c(C#N)c1. The van der Waals surface area contributed by atoms with E-state index in [1.165, 1.54) is 0 Å². The molecule has 21 heavy (non-hydrogen) atoms. The number of hydrogen-bond donors (Lipinski definition) is 1. The summed E-state index contributed by atoms with van der Waals surface area (Å²) in [5, 5.41) is 16.7. The van der Waals surface area contributed by atoms with E-state index >= 15 is 0 Å². The fourth-order valence-corrected chi connectivity index (χ4v) is 1.95. The smallest absolute Gasteiger partial charge is 0.165 e. The van der Waals surface area contributed by atoms with E-state index in [-0.39, 0.29) is 0 Å². The molecule has 0 bridgehead atoms. The molecule has 0 spiro atoms. The molecule has 1 N–H and O–H groups in total. The molecule has 0 aliphatic rings. The van der Waals surface area contributed by atoms with Crippen LogP contribution in [0.25, 0.3) is 0 Å². The van der Waals surface area contributed by atoms with Crippen LogP contribution in [0.15, 0.2) is 30.6 Å². The van der Waals surface area contributed by atoms with E-state index in [0.29, 0.717) is 23.0 Å². The van der Waals surface area contributed by atoms with Gasteiger partial charge in [0.1, 0.15) is 11.8 Å². The summed E-state index contributed by atoms with van der Waals surface area (Å²) in [5.41, 5.74) is 1.61. The van der Waals surface area contributed by atoms with Gasteiger partial charge in [0, 0.05) is 13.6 Å². The van der Waals surface area contributed by atoms with Gasteiger partial charge in [0.05, 0.1) is 18.0 Å². The monoisotopic (exact) mass is 284 g/mol. The molecule has 0 saturated carbocycles. The number of nitriles is 1. The topological polar surface area (TPSA) is 62.9 Å². The molecule has 0 atom stereocenters. The first-order valence-electron chi connectivity index (χ1n) is 6.98. The van der Waals surface area contributed by atoms with E-state index in [4.69, 9.17) is 4.74 Å². The standard InChI is InChI=1S/C16H20N4O/c1-12(2)8-18-9-13-4-5-16(14(6-13)7-17)21-15-10-19-20(3)11-15/h4-6,10-12,18H,8-9H2,1-3H3. The van der Waals surface area contributed by atoms with Crippen molar-refractivity contribution >= 4 is 0 Å². The quantitative estimate of drug-likeness (QED) is 0.886. The summed E-state index contributed by atoms with van der Waals surface area (Å²) in [6.45, 7) is 6.03. The number of rotatable bonds is 6. The Kier molecular flexibility index (Phi) is 4.96. The van der Waals surface area contributed by atoms with Crippen LogP contribution in [0.5, 0.6) is 11.5 Å².